The molecule has 0 aliphatic carbocycles. The van der Waals surface area contributed by atoms with Crippen molar-refractivity contribution < 1.29 is 9.69 Å². The Labute approximate surface area is 176 Å². The lowest BCUT2D eigenvalue weighted by atomic mass is 10.1. The highest BCUT2D eigenvalue weighted by molar-refractivity contribution is 6.03. The number of para-hydroxylation sites is 2. The third-order valence-corrected chi connectivity index (χ3v) is 6.40. The van der Waals surface area contributed by atoms with E-state index in [1.807, 2.05) is 43.3 Å². The van der Waals surface area contributed by atoms with E-state index in [4.69, 9.17) is 4.98 Å². The Kier molecular flexibility index (Phi) is 5.13. The molecule has 0 bridgehead atoms. The van der Waals surface area contributed by atoms with Crippen LogP contribution >= 0.6 is 0 Å². The molecule has 4 aromatic rings. The van der Waals surface area contributed by atoms with Gasteiger partial charge in [-0.2, -0.15) is 0 Å². The van der Waals surface area contributed by atoms with Crippen LogP contribution in [0.3, 0.4) is 0 Å². The quantitative estimate of drug-likeness (QED) is 0.502. The summed E-state index contributed by atoms with van der Waals surface area (Å²) in [4.78, 5) is 19.8. The summed E-state index contributed by atoms with van der Waals surface area (Å²) in [6.45, 7) is 6.46. The highest BCUT2D eigenvalue weighted by Gasteiger charge is 2.25. The minimum Gasteiger partial charge on any atom is -0.333 e. The van der Waals surface area contributed by atoms with Crippen molar-refractivity contribution in [1.29, 1.82) is 0 Å². The van der Waals surface area contributed by atoms with E-state index in [1.165, 1.54) is 32.4 Å². The molecular weight excluding hydrogens is 372 g/mol. The van der Waals surface area contributed by atoms with Gasteiger partial charge in [0, 0.05) is 12.0 Å². The van der Waals surface area contributed by atoms with Crippen molar-refractivity contribution in [3.05, 3.63) is 60.3 Å². The smallest absolute Gasteiger partial charge is 0.216 e. The number of piperidine rings is 1. The average Bonchev–Trinajstić information content (AvgIpc) is 3.34. The van der Waals surface area contributed by atoms with E-state index in [-0.39, 0.29) is 5.78 Å². The molecule has 1 saturated heterocycles. The molecule has 5 nitrogen and oxygen atoms in total. The molecule has 1 fully saturated rings. The molecule has 0 atom stereocenters. The lowest BCUT2D eigenvalue weighted by Crippen LogP contribution is -3.13. The Balaban J connectivity index is 1.69. The van der Waals surface area contributed by atoms with Gasteiger partial charge in [-0.1, -0.05) is 49.4 Å². The number of hydrogen-bond donors (Lipinski definition) is 1. The lowest BCUT2D eigenvalue weighted by molar-refractivity contribution is -0.905. The lowest BCUT2D eigenvalue weighted by Gasteiger charge is -2.23. The third-order valence-electron chi connectivity index (χ3n) is 6.40. The first-order valence-electron chi connectivity index (χ1n) is 11.2. The van der Waals surface area contributed by atoms with Gasteiger partial charge in [0.25, 0.3) is 0 Å². The monoisotopic (exact) mass is 401 g/mol. The van der Waals surface area contributed by atoms with Crippen molar-refractivity contribution in [2.45, 2.75) is 39.2 Å². The number of nitrogens with zero attached hydrogens (tertiary/aromatic N) is 3. The van der Waals surface area contributed by atoms with E-state index in [0.29, 0.717) is 12.1 Å². The van der Waals surface area contributed by atoms with Crippen LogP contribution in [0.4, 0.5) is 0 Å². The van der Waals surface area contributed by atoms with Crippen LogP contribution in [0.25, 0.3) is 28.1 Å². The van der Waals surface area contributed by atoms with Crippen molar-refractivity contribution in [3.63, 3.8) is 0 Å². The number of quaternary nitrogens is 1. The van der Waals surface area contributed by atoms with Crippen molar-refractivity contribution in [2.75, 3.05) is 19.6 Å². The number of hydrogen-bond acceptors (Lipinski definition) is 2. The second-order valence-electron chi connectivity index (χ2n) is 8.29. The zero-order valence-electron chi connectivity index (χ0n) is 17.6. The molecule has 1 aliphatic heterocycles. The van der Waals surface area contributed by atoms with Crippen LogP contribution in [0.5, 0.6) is 0 Å². The first-order valence-corrected chi connectivity index (χ1v) is 11.2. The molecule has 5 heteroatoms. The van der Waals surface area contributed by atoms with Crippen LogP contribution in [-0.2, 0) is 6.54 Å². The molecule has 154 valence electrons. The van der Waals surface area contributed by atoms with E-state index in [1.54, 1.807) is 4.90 Å². The number of fused-ring (bicyclic) bond motifs is 3. The van der Waals surface area contributed by atoms with E-state index < -0.39 is 0 Å². The van der Waals surface area contributed by atoms with Gasteiger partial charge < -0.3 is 9.47 Å². The molecule has 0 radical (unpaired) electrons. The van der Waals surface area contributed by atoms with Crippen molar-refractivity contribution >= 4 is 22.6 Å². The Morgan fingerprint density at radius 3 is 2.40 bits per heavy atom. The molecule has 0 spiro atoms. The summed E-state index contributed by atoms with van der Waals surface area (Å²) in [5.41, 5.74) is 4.71. The summed E-state index contributed by atoms with van der Waals surface area (Å²) >= 11 is 0. The van der Waals surface area contributed by atoms with Gasteiger partial charge in [0.2, 0.25) is 5.78 Å². The van der Waals surface area contributed by atoms with E-state index in [9.17, 15) is 4.79 Å². The van der Waals surface area contributed by atoms with Crippen LogP contribution in [0, 0.1) is 0 Å². The van der Waals surface area contributed by atoms with Gasteiger partial charge >= 0.3 is 0 Å². The maximum Gasteiger partial charge on any atom is 0.216 e. The standard InChI is InChI=1S/C25H28N4O/c1-2-22(30)24-23(19-11-5-3-6-12-19)26-25-28(18-17-27-15-9-4-10-16-27)20-13-7-8-14-21(20)29(24)25/h3,5-8,11-14H,2,4,9-10,15-18H2,1H3/p+1. The van der Waals surface area contributed by atoms with Crippen LogP contribution in [0.2, 0.25) is 0 Å². The van der Waals surface area contributed by atoms with E-state index in [0.717, 1.165) is 41.2 Å². The predicted octanol–water partition coefficient (Wildman–Crippen LogP) is 3.62. The second-order valence-corrected chi connectivity index (χ2v) is 8.29. The summed E-state index contributed by atoms with van der Waals surface area (Å²) in [5.74, 6) is 1.01. The number of ketones is 1. The van der Waals surface area contributed by atoms with Gasteiger partial charge in [0.15, 0.2) is 5.78 Å². The minimum atomic E-state index is 0.130. The largest absolute Gasteiger partial charge is 0.333 e. The number of nitrogens with one attached hydrogen (secondary N) is 1. The second kappa shape index (κ2) is 8.07. The third kappa shape index (κ3) is 3.23. The fraction of sp³-hybridized carbons (Fsp3) is 0.360. The summed E-state index contributed by atoms with van der Waals surface area (Å²) in [5, 5.41) is 0. The van der Waals surface area contributed by atoms with Gasteiger partial charge in [-0.25, -0.2) is 4.98 Å². The Bertz CT molecular complexity index is 1180. The Morgan fingerprint density at radius 1 is 0.967 bits per heavy atom. The number of Topliss-reactive ketones (excluding diaryl/α,β-unsaturated/α-hetero) is 1. The van der Waals surface area contributed by atoms with Crippen LogP contribution < -0.4 is 4.90 Å². The van der Waals surface area contributed by atoms with Gasteiger partial charge in [0.05, 0.1) is 37.2 Å². The molecule has 2 aromatic carbocycles. The number of benzene rings is 2. The maximum atomic E-state index is 13.1. The first-order chi connectivity index (χ1) is 14.8. The maximum absolute atomic E-state index is 13.1. The minimum absolute atomic E-state index is 0.130. The molecular formula is C25H29N4O+. The molecule has 30 heavy (non-hydrogen) atoms. The molecule has 2 aromatic heterocycles. The van der Waals surface area contributed by atoms with Crippen LogP contribution in [0.15, 0.2) is 54.6 Å². The molecule has 0 amide bonds. The Hall–Kier alpha value is -2.92. The fourth-order valence-electron chi connectivity index (χ4n) is 4.82. The van der Waals surface area contributed by atoms with E-state index >= 15 is 0 Å². The average molecular weight is 402 g/mol. The number of likely N-dealkylation sites (tertiary alicyclic amines) is 1. The zero-order valence-corrected chi connectivity index (χ0v) is 17.6. The zero-order chi connectivity index (χ0) is 20.5. The van der Waals surface area contributed by atoms with Crippen molar-refractivity contribution in [1.82, 2.24) is 14.0 Å². The Morgan fingerprint density at radius 2 is 1.67 bits per heavy atom. The van der Waals surface area contributed by atoms with E-state index in [2.05, 4.69) is 27.2 Å². The van der Waals surface area contributed by atoms with Gasteiger partial charge in [0.1, 0.15) is 11.4 Å². The van der Waals surface area contributed by atoms with Crippen molar-refractivity contribution in [2.24, 2.45) is 0 Å². The molecule has 0 saturated carbocycles. The fourth-order valence-corrected chi connectivity index (χ4v) is 4.82. The molecule has 5 rings (SSSR count). The molecule has 3 heterocycles. The first kappa shape index (κ1) is 19.1. The molecule has 0 unspecified atom stereocenters. The predicted molar refractivity (Wildman–Crippen MR) is 120 cm³/mol. The summed E-state index contributed by atoms with van der Waals surface area (Å²) < 4.78 is 4.41. The SMILES string of the molecule is CCC(=O)c1c(-c2ccccc2)nc2n(CC[NH+]3CCCCC3)c3ccccc3n12. The van der Waals surface area contributed by atoms with Gasteiger partial charge in [-0.05, 0) is 31.4 Å². The normalized spacial score (nSPS) is 15.2. The highest BCUT2D eigenvalue weighted by Crippen LogP contribution is 2.30. The number of carbonyl (C=O) groups excluding carboxylic acids is 1. The topological polar surface area (TPSA) is 43.7 Å². The highest BCUT2D eigenvalue weighted by atomic mass is 16.1. The summed E-state index contributed by atoms with van der Waals surface area (Å²) in [7, 11) is 0. The number of rotatable bonds is 6. The van der Waals surface area contributed by atoms with Crippen LogP contribution in [-0.4, -0.2) is 39.4 Å². The van der Waals surface area contributed by atoms with Crippen molar-refractivity contribution in [3.8, 4) is 11.3 Å². The van der Waals surface area contributed by atoms with Gasteiger partial charge in [-0.3, -0.25) is 9.20 Å². The number of carbonyl (C=O) groups is 1. The van der Waals surface area contributed by atoms with Gasteiger partial charge in [-0.15, -0.1) is 0 Å². The summed E-state index contributed by atoms with van der Waals surface area (Å²) in [6.07, 6.45) is 4.48. The number of aromatic nitrogens is 3. The summed E-state index contributed by atoms with van der Waals surface area (Å²) in [6, 6.07) is 18.5. The molecule has 1 N–H and O–H groups in total. The van der Waals surface area contributed by atoms with Crippen LogP contribution in [0.1, 0.15) is 43.1 Å². The number of imidazole rings is 2. The molecule has 1 aliphatic rings.